The van der Waals surface area contributed by atoms with Gasteiger partial charge >= 0.3 is 6.80 Å². The summed E-state index contributed by atoms with van der Waals surface area (Å²) in [6, 6.07) is 14.4. The summed E-state index contributed by atoms with van der Waals surface area (Å²) in [7, 11) is 0. The van der Waals surface area contributed by atoms with Crippen molar-refractivity contribution in [2.45, 2.75) is 37.0 Å². The molecule has 2 atom stereocenters. The van der Waals surface area contributed by atoms with E-state index in [1.165, 1.54) is 11.4 Å². The molecule has 0 saturated carbocycles. The molecule has 2 rings (SSSR count). The Morgan fingerprint density at radius 3 is 2.12 bits per heavy atom. The fraction of sp³-hybridized carbons (Fsp3) is 0.333. The highest BCUT2D eigenvalue weighted by molar-refractivity contribution is 8.55. The summed E-state index contributed by atoms with van der Waals surface area (Å²) in [6.45, 7) is 2.90. The summed E-state index contributed by atoms with van der Waals surface area (Å²) < 4.78 is 36.2. The van der Waals surface area contributed by atoms with Crippen molar-refractivity contribution in [2.75, 3.05) is 12.4 Å². The highest BCUT2D eigenvalue weighted by Gasteiger charge is 2.26. The Balaban J connectivity index is 2.10. The summed E-state index contributed by atoms with van der Waals surface area (Å²) in [5.41, 5.74) is 1.13. The Hall–Kier alpha value is -0.910. The lowest BCUT2D eigenvalue weighted by molar-refractivity contribution is 0.296. The van der Waals surface area contributed by atoms with E-state index < -0.39 is 18.0 Å². The van der Waals surface area contributed by atoms with Gasteiger partial charge in [0.05, 0.1) is 6.61 Å². The second-order valence-corrected chi connectivity index (χ2v) is 10.9. The second kappa shape index (κ2) is 9.70. The Bertz CT molecular complexity index is 704. The first-order valence-electron chi connectivity index (χ1n) is 8.14. The topological polar surface area (TPSA) is 58.6 Å². The van der Waals surface area contributed by atoms with E-state index in [4.69, 9.17) is 9.05 Å². The van der Waals surface area contributed by atoms with E-state index in [2.05, 4.69) is 0 Å². The van der Waals surface area contributed by atoms with Gasteiger partial charge in [-0.15, -0.1) is 0 Å². The van der Waals surface area contributed by atoms with Crippen LogP contribution >= 0.6 is 18.2 Å². The van der Waals surface area contributed by atoms with E-state index in [0.29, 0.717) is 23.0 Å². The Kier molecular flexibility index (Phi) is 7.91. The molecule has 2 aromatic carbocycles. The molecular formula is C18H23O4PS2. The monoisotopic (exact) mass is 398 g/mol. The summed E-state index contributed by atoms with van der Waals surface area (Å²) in [4.78, 5) is 1.42. The first-order valence-corrected chi connectivity index (χ1v) is 12.4. The van der Waals surface area contributed by atoms with Crippen LogP contribution in [-0.2, 0) is 20.3 Å². The first kappa shape index (κ1) is 20.4. The van der Waals surface area contributed by atoms with Gasteiger partial charge in [-0.2, -0.15) is 0 Å². The van der Waals surface area contributed by atoms with Gasteiger partial charge in [-0.25, -0.2) is 4.57 Å². The van der Waals surface area contributed by atoms with Crippen molar-refractivity contribution in [2.24, 2.45) is 0 Å². The molecule has 0 spiro atoms. The fourth-order valence-electron chi connectivity index (χ4n) is 2.00. The number of rotatable bonds is 9. The van der Waals surface area contributed by atoms with Gasteiger partial charge in [-0.3, -0.25) is 4.52 Å². The van der Waals surface area contributed by atoms with E-state index in [-0.39, 0.29) is 0 Å². The lowest BCUT2D eigenvalue weighted by Crippen LogP contribution is -2.02. The summed E-state index contributed by atoms with van der Waals surface area (Å²) in [5, 5.41) is 0. The van der Waals surface area contributed by atoms with Crippen LogP contribution in [0.15, 0.2) is 58.3 Å². The number of aryl methyl sites for hydroxylation is 1. The molecule has 0 amide bonds. The highest BCUT2D eigenvalue weighted by atomic mass is 32.7. The number of hydrogen-bond donors (Lipinski definition) is 0. The zero-order chi connectivity index (χ0) is 18.3. The number of hydrogen-bond acceptors (Lipinski definition) is 5. The predicted molar refractivity (Wildman–Crippen MR) is 105 cm³/mol. The molecule has 0 fully saturated rings. The van der Waals surface area contributed by atoms with Crippen LogP contribution in [-0.4, -0.2) is 16.9 Å². The zero-order valence-corrected chi connectivity index (χ0v) is 17.2. The second-order valence-electron chi connectivity index (χ2n) is 5.34. The largest absolute Gasteiger partial charge is 0.606 e. The average Bonchev–Trinajstić information content (AvgIpc) is 2.61. The molecule has 2 unspecified atom stereocenters. The van der Waals surface area contributed by atoms with Gasteiger partial charge in [0, 0.05) is 16.9 Å². The molecule has 0 bridgehead atoms. The standard InChI is InChI=1S/C18H23O4PS2/c1-4-14-24-23(19,21-5-2)22-16-8-12-18(13-9-16)25(20)17-10-6-15(3)7-11-17/h6-13H,4-5,14H2,1-3H3. The predicted octanol–water partition coefficient (Wildman–Crippen LogP) is 5.83. The van der Waals surface area contributed by atoms with Crippen molar-refractivity contribution in [3.8, 4) is 5.75 Å². The molecule has 0 saturated heterocycles. The molecule has 2 aromatic rings. The Morgan fingerprint density at radius 2 is 1.60 bits per heavy atom. The minimum atomic E-state index is -3.22. The maximum atomic E-state index is 12.7. The Labute approximate surface area is 156 Å². The van der Waals surface area contributed by atoms with E-state index in [9.17, 15) is 9.12 Å². The van der Waals surface area contributed by atoms with Crippen LogP contribution in [0.1, 0.15) is 25.8 Å². The van der Waals surface area contributed by atoms with Gasteiger partial charge in [0.25, 0.3) is 0 Å². The highest BCUT2D eigenvalue weighted by Crippen LogP contribution is 2.60. The van der Waals surface area contributed by atoms with E-state index in [1.54, 1.807) is 31.2 Å². The van der Waals surface area contributed by atoms with Gasteiger partial charge in [0.2, 0.25) is 0 Å². The van der Waals surface area contributed by atoms with Crippen molar-refractivity contribution >= 4 is 29.4 Å². The molecule has 25 heavy (non-hydrogen) atoms. The SMILES string of the molecule is CCCSP(=O)(OCC)Oc1ccc([S+]([O-])c2ccc(C)cc2)cc1. The summed E-state index contributed by atoms with van der Waals surface area (Å²) in [5.74, 6) is 1.15. The fourth-order valence-corrected chi connectivity index (χ4v) is 6.50. The minimum Gasteiger partial charge on any atom is -0.606 e. The zero-order valence-electron chi connectivity index (χ0n) is 14.6. The molecule has 7 heteroatoms. The van der Waals surface area contributed by atoms with E-state index in [0.717, 1.165) is 16.9 Å². The maximum Gasteiger partial charge on any atom is 0.440 e. The third-order valence-electron chi connectivity index (χ3n) is 3.23. The third-order valence-corrected chi connectivity index (χ3v) is 8.58. The van der Waals surface area contributed by atoms with Crippen LogP contribution in [0.25, 0.3) is 0 Å². The minimum absolute atomic E-state index is 0.323. The normalized spacial score (nSPS) is 14.7. The number of benzene rings is 2. The quantitative estimate of drug-likeness (QED) is 0.393. The lowest BCUT2D eigenvalue weighted by atomic mass is 10.2. The van der Waals surface area contributed by atoms with Crippen molar-refractivity contribution in [1.82, 2.24) is 0 Å². The maximum absolute atomic E-state index is 12.7. The third kappa shape index (κ3) is 6.08. The molecule has 0 heterocycles. The van der Waals surface area contributed by atoms with Crippen molar-refractivity contribution in [3.63, 3.8) is 0 Å². The molecular weight excluding hydrogens is 375 g/mol. The van der Waals surface area contributed by atoms with Gasteiger partial charge in [0.15, 0.2) is 9.79 Å². The molecule has 4 nitrogen and oxygen atoms in total. The van der Waals surface area contributed by atoms with Crippen molar-refractivity contribution < 1.29 is 18.2 Å². The van der Waals surface area contributed by atoms with Crippen LogP contribution in [0.4, 0.5) is 0 Å². The van der Waals surface area contributed by atoms with Crippen LogP contribution in [0.5, 0.6) is 5.75 Å². The van der Waals surface area contributed by atoms with Gasteiger partial charge < -0.3 is 9.08 Å². The smallest absolute Gasteiger partial charge is 0.440 e. The molecule has 0 aliphatic carbocycles. The Morgan fingerprint density at radius 1 is 1.04 bits per heavy atom. The van der Waals surface area contributed by atoms with Crippen LogP contribution in [0, 0.1) is 6.92 Å². The van der Waals surface area contributed by atoms with E-state index in [1.807, 2.05) is 38.1 Å². The van der Waals surface area contributed by atoms with Gasteiger partial charge in [0.1, 0.15) is 5.75 Å². The first-order chi connectivity index (χ1) is 12.0. The van der Waals surface area contributed by atoms with Crippen molar-refractivity contribution in [1.29, 1.82) is 0 Å². The molecule has 0 radical (unpaired) electrons. The van der Waals surface area contributed by atoms with Crippen LogP contribution in [0.3, 0.4) is 0 Å². The van der Waals surface area contributed by atoms with Crippen LogP contribution in [0.2, 0.25) is 0 Å². The van der Waals surface area contributed by atoms with Crippen LogP contribution < -0.4 is 4.52 Å². The summed E-state index contributed by atoms with van der Waals surface area (Å²) in [6.07, 6.45) is 0.888. The molecule has 136 valence electrons. The molecule has 0 aromatic heterocycles. The molecule has 0 aliphatic heterocycles. The molecule has 0 aliphatic rings. The average molecular weight is 398 g/mol. The van der Waals surface area contributed by atoms with Gasteiger partial charge in [-0.05, 0) is 68.0 Å². The molecule has 0 N–H and O–H groups in total. The van der Waals surface area contributed by atoms with Gasteiger partial charge in [-0.1, -0.05) is 24.6 Å². The lowest BCUT2D eigenvalue weighted by Gasteiger charge is -2.17. The van der Waals surface area contributed by atoms with E-state index >= 15 is 0 Å². The summed E-state index contributed by atoms with van der Waals surface area (Å²) >= 11 is -0.0527. The van der Waals surface area contributed by atoms with Crippen molar-refractivity contribution in [3.05, 3.63) is 54.1 Å².